The fraction of sp³-hybridized carbons (Fsp3) is 0.244. The number of fused-ring (bicyclic) bond motifs is 4. The lowest BCUT2D eigenvalue weighted by molar-refractivity contribution is -0.125. The second kappa shape index (κ2) is 15.2. The Balaban J connectivity index is 1.21. The molecule has 4 aliphatic rings. The number of rotatable bonds is 9. The predicted molar refractivity (Wildman–Crippen MR) is 216 cm³/mol. The van der Waals surface area contributed by atoms with Crippen molar-refractivity contribution in [3.63, 3.8) is 0 Å². The first-order valence-corrected chi connectivity index (χ1v) is 19.6. The lowest BCUT2D eigenvalue weighted by Crippen LogP contribution is -2.60. The van der Waals surface area contributed by atoms with Crippen LogP contribution in [0.2, 0.25) is 0 Å². The zero-order valence-corrected chi connectivity index (χ0v) is 33.7. The Bertz CT molecular complexity index is 2630. The van der Waals surface area contributed by atoms with Gasteiger partial charge in [0.15, 0.2) is 33.0 Å². The third-order valence-corrected chi connectivity index (χ3v) is 13.5. The topological polar surface area (TPSA) is 113 Å². The summed E-state index contributed by atoms with van der Waals surface area (Å²) >= 11 is 14.5. The van der Waals surface area contributed by atoms with E-state index in [-0.39, 0.29) is 40.1 Å². The first-order valence-electron chi connectivity index (χ1n) is 18.8. The number of amides is 4. The standard InChI is InChI=1S/C45H33Cl2F5N2O7/c1-4-6-22-7-5-8-28(39(22)55)32-26-16-17-27-31(29(26)20-44(46)42(58)54(43(59)45(32,44)47)38-36(51)34(49)33(48)35(50)37(38)52)41(57)53(40(27)56)24-13-10-21(11-14-24)9-12-23-19-25(60-2)15-18-30(23)61-3/h4-5,7-16,18-19,27,29,31-32,55H,1,6,17,20H2,2-3H3. The molecule has 8 rings (SSSR count). The van der Waals surface area contributed by atoms with Crippen LogP contribution in [0.3, 0.4) is 0 Å². The third kappa shape index (κ3) is 6.00. The minimum Gasteiger partial charge on any atom is -0.507 e. The Labute approximate surface area is 355 Å². The second-order valence-corrected chi connectivity index (χ2v) is 16.3. The molecule has 4 aromatic rings. The number of phenolic OH excluding ortho intramolecular Hbond substituents is 1. The molecular formula is C45H33Cl2F5N2O7. The summed E-state index contributed by atoms with van der Waals surface area (Å²) in [7, 11) is 3.07. The molecule has 2 heterocycles. The monoisotopic (exact) mass is 878 g/mol. The third-order valence-electron chi connectivity index (χ3n) is 12.1. The van der Waals surface area contributed by atoms with Crippen LogP contribution >= 0.6 is 23.2 Å². The van der Waals surface area contributed by atoms with Gasteiger partial charge in [-0.2, -0.15) is 0 Å². The number of hydrogen-bond acceptors (Lipinski definition) is 7. The van der Waals surface area contributed by atoms with E-state index < -0.39 is 104 Å². The number of para-hydroxylation sites is 1. The van der Waals surface area contributed by atoms with E-state index >= 15 is 8.78 Å². The van der Waals surface area contributed by atoms with Crippen LogP contribution in [-0.2, 0) is 25.6 Å². The van der Waals surface area contributed by atoms with E-state index in [1.807, 2.05) is 0 Å². The number of halogens is 7. The summed E-state index contributed by atoms with van der Waals surface area (Å²) in [5.74, 6) is -21.1. The van der Waals surface area contributed by atoms with E-state index in [0.717, 1.165) is 10.5 Å². The minimum atomic E-state index is -2.78. The number of imide groups is 2. The normalized spacial score (nSPS) is 25.8. The summed E-state index contributed by atoms with van der Waals surface area (Å²) in [6, 6.07) is 16.2. The Morgan fingerprint density at radius 1 is 0.820 bits per heavy atom. The Morgan fingerprint density at radius 3 is 2.13 bits per heavy atom. The highest BCUT2D eigenvalue weighted by Crippen LogP contribution is 2.67. The zero-order valence-electron chi connectivity index (χ0n) is 32.2. The van der Waals surface area contributed by atoms with Crippen LogP contribution in [0, 0.1) is 46.8 Å². The molecule has 2 saturated heterocycles. The van der Waals surface area contributed by atoms with Gasteiger partial charge in [0.05, 0.1) is 31.7 Å². The Hall–Kier alpha value is -5.99. The van der Waals surface area contributed by atoms with E-state index in [2.05, 4.69) is 6.58 Å². The van der Waals surface area contributed by atoms with Gasteiger partial charge in [-0.15, -0.1) is 29.8 Å². The van der Waals surface area contributed by atoms with Crippen LogP contribution in [-0.4, -0.2) is 52.7 Å². The molecule has 6 unspecified atom stereocenters. The fourth-order valence-corrected chi connectivity index (χ4v) is 10.1. The number of aromatic hydroxyl groups is 1. The van der Waals surface area contributed by atoms with E-state index in [4.69, 9.17) is 32.7 Å². The van der Waals surface area contributed by atoms with Crippen LogP contribution < -0.4 is 19.3 Å². The smallest absolute Gasteiger partial charge is 0.258 e. The van der Waals surface area contributed by atoms with Crippen molar-refractivity contribution in [1.82, 2.24) is 0 Å². The van der Waals surface area contributed by atoms with Gasteiger partial charge in [-0.3, -0.25) is 24.1 Å². The summed E-state index contributed by atoms with van der Waals surface area (Å²) in [5.41, 5.74) is 0.170. The molecule has 3 fully saturated rings. The predicted octanol–water partition coefficient (Wildman–Crippen LogP) is 8.77. The molecule has 0 radical (unpaired) electrons. The van der Waals surface area contributed by atoms with Crippen molar-refractivity contribution in [2.24, 2.45) is 17.8 Å². The average Bonchev–Trinajstić information content (AvgIpc) is 3.60. The molecule has 0 aromatic heterocycles. The molecule has 61 heavy (non-hydrogen) atoms. The number of methoxy groups -OCH3 is 2. The molecule has 16 heteroatoms. The van der Waals surface area contributed by atoms with Crippen LogP contribution in [0.15, 0.2) is 85.0 Å². The van der Waals surface area contributed by atoms with Gasteiger partial charge < -0.3 is 14.6 Å². The maximum Gasteiger partial charge on any atom is 0.258 e. The largest absolute Gasteiger partial charge is 0.507 e. The van der Waals surface area contributed by atoms with E-state index in [1.165, 1.54) is 38.5 Å². The first kappa shape index (κ1) is 41.7. The number of ether oxygens (including phenoxy) is 2. The van der Waals surface area contributed by atoms with Crippen molar-refractivity contribution in [3.05, 3.63) is 136 Å². The number of carbonyl (C=O) groups excluding carboxylic acids is 4. The van der Waals surface area contributed by atoms with Crippen molar-refractivity contribution in [2.45, 2.75) is 34.9 Å². The van der Waals surface area contributed by atoms with Gasteiger partial charge in [-0.25, -0.2) is 26.9 Å². The van der Waals surface area contributed by atoms with Crippen molar-refractivity contribution < 1.29 is 55.7 Å². The van der Waals surface area contributed by atoms with Gasteiger partial charge in [0.25, 0.3) is 11.8 Å². The molecular weight excluding hydrogens is 846 g/mol. The Kier molecular flexibility index (Phi) is 10.4. The van der Waals surface area contributed by atoms with Gasteiger partial charge >= 0.3 is 0 Å². The maximum atomic E-state index is 15.4. The quantitative estimate of drug-likeness (QED) is 0.0340. The number of carbonyl (C=O) groups is 4. The maximum absolute atomic E-state index is 15.4. The highest BCUT2D eigenvalue weighted by molar-refractivity contribution is 6.58. The summed E-state index contributed by atoms with van der Waals surface area (Å²) < 4.78 is 85.0. The number of benzene rings is 4. The van der Waals surface area contributed by atoms with E-state index in [0.29, 0.717) is 17.1 Å². The van der Waals surface area contributed by atoms with Gasteiger partial charge in [-0.05, 0) is 66.6 Å². The molecule has 1 N–H and O–H groups in total. The Morgan fingerprint density at radius 2 is 1.49 bits per heavy atom. The number of phenols is 1. The van der Waals surface area contributed by atoms with E-state index in [1.54, 1.807) is 60.7 Å². The van der Waals surface area contributed by atoms with Crippen molar-refractivity contribution >= 4 is 70.4 Å². The summed E-state index contributed by atoms with van der Waals surface area (Å²) in [6.07, 6.45) is 5.98. The lowest BCUT2D eigenvalue weighted by Gasteiger charge is -2.50. The van der Waals surface area contributed by atoms with E-state index in [9.17, 15) is 37.5 Å². The van der Waals surface area contributed by atoms with Gasteiger partial charge in [0, 0.05) is 17.0 Å². The molecule has 4 aromatic carbocycles. The van der Waals surface area contributed by atoms with Crippen LogP contribution in [0.4, 0.5) is 33.3 Å². The fourth-order valence-electron chi connectivity index (χ4n) is 9.22. The molecule has 9 nitrogen and oxygen atoms in total. The van der Waals surface area contributed by atoms with Crippen LogP contribution in [0.25, 0.3) is 12.2 Å². The van der Waals surface area contributed by atoms with Gasteiger partial charge in [0.1, 0.15) is 22.9 Å². The molecule has 0 spiro atoms. The second-order valence-electron chi connectivity index (χ2n) is 15.1. The average molecular weight is 880 g/mol. The van der Waals surface area contributed by atoms with Gasteiger partial charge in [-0.1, -0.05) is 60.2 Å². The molecule has 2 aliphatic carbocycles. The molecule has 314 valence electrons. The number of hydrogen-bond donors (Lipinski definition) is 1. The number of anilines is 2. The van der Waals surface area contributed by atoms with Crippen LogP contribution in [0.1, 0.15) is 41.0 Å². The van der Waals surface area contributed by atoms with Crippen molar-refractivity contribution in [3.8, 4) is 17.2 Å². The van der Waals surface area contributed by atoms with Crippen molar-refractivity contribution in [1.29, 1.82) is 0 Å². The van der Waals surface area contributed by atoms with Gasteiger partial charge in [0.2, 0.25) is 17.6 Å². The summed E-state index contributed by atoms with van der Waals surface area (Å²) in [5, 5.41) is 11.7. The lowest BCUT2D eigenvalue weighted by atomic mass is 9.56. The zero-order chi connectivity index (χ0) is 43.9. The number of alkyl halides is 2. The summed E-state index contributed by atoms with van der Waals surface area (Å²) in [6.45, 7) is 3.69. The van der Waals surface area contributed by atoms with Crippen molar-refractivity contribution in [2.75, 3.05) is 24.0 Å². The number of nitrogens with zero attached hydrogens (tertiary/aromatic N) is 2. The highest BCUT2D eigenvalue weighted by atomic mass is 35.5. The molecule has 4 amide bonds. The number of allylic oxidation sites excluding steroid dienone is 3. The highest BCUT2D eigenvalue weighted by Gasteiger charge is 2.77. The molecule has 2 aliphatic heterocycles. The molecule has 1 saturated carbocycles. The SMILES string of the molecule is C=CCc1cccc(C2C3=CCC4C(=O)N(c5ccc(C=Cc6cc(OC)ccc6OC)cc5)C(=O)C4C3CC3(Cl)C(=O)N(c4c(F)c(F)c(F)c(F)c4F)C(=O)C23Cl)c1O. The molecule has 6 atom stereocenters. The molecule has 0 bridgehead atoms. The summed E-state index contributed by atoms with van der Waals surface area (Å²) in [4.78, 5) is 53.1. The minimum absolute atomic E-state index is 0.0733. The van der Waals surface area contributed by atoms with Crippen LogP contribution in [0.5, 0.6) is 17.2 Å². The first-order chi connectivity index (χ1) is 29.0.